The van der Waals surface area contributed by atoms with Gasteiger partial charge in [-0.1, -0.05) is 26.0 Å². The molecule has 0 aromatic heterocycles. The van der Waals surface area contributed by atoms with Gasteiger partial charge in [-0.3, -0.25) is 0 Å². The van der Waals surface area contributed by atoms with Gasteiger partial charge in [-0.25, -0.2) is 4.39 Å². The first-order valence-electron chi connectivity index (χ1n) is 5.26. The maximum atomic E-state index is 13.4. The van der Waals surface area contributed by atoms with Crippen molar-refractivity contribution < 1.29 is 4.39 Å². The van der Waals surface area contributed by atoms with E-state index < -0.39 is 0 Å². The van der Waals surface area contributed by atoms with Crippen molar-refractivity contribution in [1.82, 2.24) is 0 Å². The average Bonchev–Trinajstić information content (AvgIpc) is 2.59. The second kappa shape index (κ2) is 3.26. The van der Waals surface area contributed by atoms with E-state index in [0.29, 0.717) is 0 Å². The van der Waals surface area contributed by atoms with E-state index in [1.54, 1.807) is 6.07 Å². The molecule has 0 unspecified atom stereocenters. The zero-order valence-corrected chi connectivity index (χ0v) is 8.73. The van der Waals surface area contributed by atoms with Crippen LogP contribution in [-0.2, 0) is 5.41 Å². The highest BCUT2D eigenvalue weighted by molar-refractivity contribution is 5.61. The van der Waals surface area contributed by atoms with Crippen LogP contribution in [0.4, 0.5) is 10.1 Å². The first kappa shape index (κ1) is 9.50. The molecule has 0 atom stereocenters. The van der Waals surface area contributed by atoms with Crippen molar-refractivity contribution in [2.24, 2.45) is 0 Å². The third-order valence-electron chi connectivity index (χ3n) is 3.54. The number of anilines is 1. The molecule has 1 heterocycles. The lowest BCUT2D eigenvalue weighted by Crippen LogP contribution is -2.26. The van der Waals surface area contributed by atoms with Crippen molar-refractivity contribution in [3.8, 4) is 0 Å². The van der Waals surface area contributed by atoms with Crippen LogP contribution in [0.15, 0.2) is 18.2 Å². The van der Waals surface area contributed by atoms with E-state index in [1.165, 1.54) is 6.07 Å². The van der Waals surface area contributed by atoms with Crippen LogP contribution in [0, 0.1) is 5.82 Å². The monoisotopic (exact) mass is 193 g/mol. The standard InChI is InChI=1S/C12H16FN/c1-3-12(4-2)8-14-11-9(12)6-5-7-10(11)13/h5-7,14H,3-4,8H2,1-2H3. The molecule has 1 nitrogen and oxygen atoms in total. The molecule has 1 N–H and O–H groups in total. The van der Waals surface area contributed by atoms with E-state index in [9.17, 15) is 4.39 Å². The second-order valence-corrected chi connectivity index (χ2v) is 4.00. The Balaban J connectivity index is 2.53. The van der Waals surface area contributed by atoms with Crippen LogP contribution in [0.3, 0.4) is 0 Å². The first-order valence-corrected chi connectivity index (χ1v) is 5.26. The number of rotatable bonds is 2. The molecule has 14 heavy (non-hydrogen) atoms. The molecule has 0 saturated carbocycles. The van der Waals surface area contributed by atoms with Crippen LogP contribution >= 0.6 is 0 Å². The minimum Gasteiger partial charge on any atom is -0.382 e. The molecule has 1 aromatic rings. The van der Waals surface area contributed by atoms with E-state index in [4.69, 9.17) is 0 Å². The highest BCUT2D eigenvalue weighted by Crippen LogP contribution is 2.42. The smallest absolute Gasteiger partial charge is 0.146 e. The maximum absolute atomic E-state index is 13.4. The summed E-state index contributed by atoms with van der Waals surface area (Å²) in [6.45, 7) is 5.21. The topological polar surface area (TPSA) is 12.0 Å². The quantitative estimate of drug-likeness (QED) is 0.759. The fourth-order valence-corrected chi connectivity index (χ4v) is 2.38. The summed E-state index contributed by atoms with van der Waals surface area (Å²) in [6.07, 6.45) is 2.12. The van der Waals surface area contributed by atoms with Gasteiger partial charge in [0, 0.05) is 12.0 Å². The van der Waals surface area contributed by atoms with Gasteiger partial charge >= 0.3 is 0 Å². The SMILES string of the molecule is CCC1(CC)CNc2c(F)cccc21. The Kier molecular flexibility index (Phi) is 2.22. The highest BCUT2D eigenvalue weighted by atomic mass is 19.1. The molecule has 2 rings (SSSR count). The number of benzene rings is 1. The number of nitrogens with one attached hydrogen (secondary N) is 1. The molecular weight excluding hydrogens is 177 g/mol. The van der Waals surface area contributed by atoms with E-state index in [1.807, 2.05) is 6.07 Å². The zero-order chi connectivity index (χ0) is 10.2. The molecule has 0 saturated heterocycles. The molecule has 0 aliphatic carbocycles. The van der Waals surface area contributed by atoms with Crippen LogP contribution in [-0.4, -0.2) is 6.54 Å². The molecule has 1 aromatic carbocycles. The van der Waals surface area contributed by atoms with E-state index >= 15 is 0 Å². The van der Waals surface area contributed by atoms with E-state index in [-0.39, 0.29) is 11.2 Å². The lowest BCUT2D eigenvalue weighted by atomic mass is 9.78. The van der Waals surface area contributed by atoms with Gasteiger partial charge in [0.25, 0.3) is 0 Å². The van der Waals surface area contributed by atoms with Crippen molar-refractivity contribution in [1.29, 1.82) is 0 Å². The van der Waals surface area contributed by atoms with Crippen molar-refractivity contribution in [2.45, 2.75) is 32.1 Å². The van der Waals surface area contributed by atoms with Gasteiger partial charge in [0.05, 0.1) is 5.69 Å². The normalized spacial score (nSPS) is 17.6. The van der Waals surface area contributed by atoms with Crippen LogP contribution in [0.1, 0.15) is 32.3 Å². The molecule has 0 radical (unpaired) electrons. The summed E-state index contributed by atoms with van der Waals surface area (Å²) < 4.78 is 13.4. The molecular formula is C12H16FN. The van der Waals surface area contributed by atoms with Crippen LogP contribution in [0.5, 0.6) is 0 Å². The summed E-state index contributed by atoms with van der Waals surface area (Å²) in [4.78, 5) is 0. The Morgan fingerprint density at radius 2 is 2.07 bits per heavy atom. The zero-order valence-electron chi connectivity index (χ0n) is 8.73. The Morgan fingerprint density at radius 1 is 1.36 bits per heavy atom. The molecule has 0 fully saturated rings. The van der Waals surface area contributed by atoms with Crippen molar-refractivity contribution in [3.05, 3.63) is 29.6 Å². The number of hydrogen-bond acceptors (Lipinski definition) is 1. The Labute approximate surface area is 84.3 Å². The third-order valence-corrected chi connectivity index (χ3v) is 3.54. The van der Waals surface area contributed by atoms with Gasteiger partial charge in [0.15, 0.2) is 0 Å². The van der Waals surface area contributed by atoms with Gasteiger partial charge in [-0.05, 0) is 24.5 Å². The number of halogens is 1. The summed E-state index contributed by atoms with van der Waals surface area (Å²) >= 11 is 0. The van der Waals surface area contributed by atoms with Gasteiger partial charge < -0.3 is 5.32 Å². The Bertz CT molecular complexity index is 342. The molecule has 76 valence electrons. The Hall–Kier alpha value is -1.05. The second-order valence-electron chi connectivity index (χ2n) is 4.00. The molecule has 0 spiro atoms. The summed E-state index contributed by atoms with van der Waals surface area (Å²) in [5.41, 5.74) is 2.02. The minimum atomic E-state index is -0.119. The van der Waals surface area contributed by atoms with Crippen LogP contribution in [0.25, 0.3) is 0 Å². The fraction of sp³-hybridized carbons (Fsp3) is 0.500. The molecule has 2 heteroatoms. The van der Waals surface area contributed by atoms with Crippen LogP contribution in [0.2, 0.25) is 0 Å². The molecule has 0 bridgehead atoms. The van der Waals surface area contributed by atoms with Crippen molar-refractivity contribution >= 4 is 5.69 Å². The molecule has 1 aliphatic heterocycles. The Morgan fingerprint density at radius 3 is 2.71 bits per heavy atom. The highest BCUT2D eigenvalue weighted by Gasteiger charge is 2.36. The average molecular weight is 193 g/mol. The van der Waals surface area contributed by atoms with Crippen LogP contribution < -0.4 is 5.32 Å². The van der Waals surface area contributed by atoms with Gasteiger partial charge in [0.2, 0.25) is 0 Å². The summed E-state index contributed by atoms with van der Waals surface area (Å²) in [6, 6.07) is 5.37. The lowest BCUT2D eigenvalue weighted by molar-refractivity contribution is 0.437. The predicted molar refractivity (Wildman–Crippen MR) is 57.1 cm³/mol. The lowest BCUT2D eigenvalue weighted by Gasteiger charge is -2.25. The van der Waals surface area contributed by atoms with Gasteiger partial charge in [-0.2, -0.15) is 0 Å². The van der Waals surface area contributed by atoms with E-state index in [0.717, 1.165) is 30.6 Å². The van der Waals surface area contributed by atoms with Gasteiger partial charge in [0.1, 0.15) is 5.82 Å². The van der Waals surface area contributed by atoms with E-state index in [2.05, 4.69) is 19.2 Å². The minimum absolute atomic E-state index is 0.119. The molecule has 0 amide bonds. The maximum Gasteiger partial charge on any atom is 0.146 e. The van der Waals surface area contributed by atoms with Gasteiger partial charge in [-0.15, -0.1) is 0 Å². The summed E-state index contributed by atoms with van der Waals surface area (Å²) in [5, 5.41) is 3.19. The summed E-state index contributed by atoms with van der Waals surface area (Å²) in [5.74, 6) is -0.119. The number of hydrogen-bond donors (Lipinski definition) is 1. The molecule has 1 aliphatic rings. The number of fused-ring (bicyclic) bond motifs is 1. The first-order chi connectivity index (χ1) is 6.73. The largest absolute Gasteiger partial charge is 0.382 e. The summed E-state index contributed by atoms with van der Waals surface area (Å²) in [7, 11) is 0. The fourth-order valence-electron chi connectivity index (χ4n) is 2.38. The third kappa shape index (κ3) is 1.13. The number of para-hydroxylation sites is 1. The predicted octanol–water partition coefficient (Wildman–Crippen LogP) is 3.31. The van der Waals surface area contributed by atoms with Crippen molar-refractivity contribution in [3.63, 3.8) is 0 Å². The van der Waals surface area contributed by atoms with Crippen molar-refractivity contribution in [2.75, 3.05) is 11.9 Å².